The Kier molecular flexibility index (Phi) is 2.53. The fourth-order valence-corrected chi connectivity index (χ4v) is 4.84. The zero-order chi connectivity index (χ0) is 17.3. The number of carbonyl (C=O) groups is 1. The maximum absolute atomic E-state index is 13.3. The highest BCUT2D eigenvalue weighted by atomic mass is 16.2. The summed E-state index contributed by atoms with van der Waals surface area (Å²) in [7, 11) is 0. The van der Waals surface area contributed by atoms with Gasteiger partial charge in [-0.05, 0) is 47.7 Å². The minimum atomic E-state index is -0.271. The van der Waals surface area contributed by atoms with E-state index >= 15 is 0 Å². The molecular weight excluding hydrogens is 320 g/mol. The Balaban J connectivity index is 1.73. The van der Waals surface area contributed by atoms with Gasteiger partial charge in [-0.1, -0.05) is 54.6 Å². The Morgan fingerprint density at radius 2 is 1.46 bits per heavy atom. The molecule has 26 heavy (non-hydrogen) atoms. The van der Waals surface area contributed by atoms with Crippen LogP contribution in [0, 0.1) is 0 Å². The second-order valence-electron chi connectivity index (χ2n) is 7.31. The Labute approximate surface area is 150 Å². The van der Waals surface area contributed by atoms with Gasteiger partial charge in [0.15, 0.2) is 0 Å². The van der Waals surface area contributed by atoms with Gasteiger partial charge in [-0.2, -0.15) is 0 Å². The molecule has 0 N–H and O–H groups in total. The van der Waals surface area contributed by atoms with Gasteiger partial charge in [-0.3, -0.25) is 9.36 Å². The Morgan fingerprint density at radius 1 is 0.808 bits per heavy atom. The second-order valence-corrected chi connectivity index (χ2v) is 7.31. The molecule has 0 atom stereocenters. The van der Waals surface area contributed by atoms with E-state index in [-0.39, 0.29) is 11.3 Å². The zero-order valence-corrected chi connectivity index (χ0v) is 14.1. The van der Waals surface area contributed by atoms with Gasteiger partial charge >= 0.3 is 0 Å². The number of imidazole rings is 1. The molecule has 0 amide bonds. The van der Waals surface area contributed by atoms with Gasteiger partial charge in [0.1, 0.15) is 5.82 Å². The van der Waals surface area contributed by atoms with E-state index in [2.05, 4.69) is 30.3 Å². The van der Waals surface area contributed by atoms with Crippen molar-refractivity contribution in [3.8, 4) is 0 Å². The fraction of sp³-hybridized carbons (Fsp3) is 0.130. The lowest BCUT2D eigenvalue weighted by Crippen LogP contribution is -2.40. The van der Waals surface area contributed by atoms with Crippen molar-refractivity contribution in [2.45, 2.75) is 18.3 Å². The highest BCUT2D eigenvalue weighted by Gasteiger charge is 2.49. The summed E-state index contributed by atoms with van der Waals surface area (Å²) in [6.45, 7) is 0. The first-order chi connectivity index (χ1) is 12.8. The van der Waals surface area contributed by atoms with Crippen LogP contribution in [0.3, 0.4) is 0 Å². The molecule has 3 heteroatoms. The lowest BCUT2D eigenvalue weighted by Gasteiger charge is -2.35. The molecule has 6 rings (SSSR count). The third kappa shape index (κ3) is 1.58. The van der Waals surface area contributed by atoms with Crippen LogP contribution in [0.4, 0.5) is 0 Å². The quantitative estimate of drug-likeness (QED) is 0.484. The van der Waals surface area contributed by atoms with Crippen molar-refractivity contribution in [3.63, 3.8) is 0 Å². The molecule has 3 nitrogen and oxygen atoms in total. The van der Waals surface area contributed by atoms with E-state index in [9.17, 15) is 4.79 Å². The molecule has 124 valence electrons. The summed E-state index contributed by atoms with van der Waals surface area (Å²) in [4.78, 5) is 18.3. The summed E-state index contributed by atoms with van der Waals surface area (Å²) < 4.78 is 1.85. The SMILES string of the molecule is O=C1c2ccccc2C2(Cc3ccccc3C2)c2nc3ccccc3n21. The molecule has 0 fully saturated rings. The lowest BCUT2D eigenvalue weighted by molar-refractivity contribution is 0.0946. The summed E-state index contributed by atoms with van der Waals surface area (Å²) >= 11 is 0. The van der Waals surface area contributed by atoms with Crippen molar-refractivity contribution in [3.05, 3.63) is 101 Å². The highest BCUT2D eigenvalue weighted by molar-refractivity contribution is 6.05. The van der Waals surface area contributed by atoms with Gasteiger partial charge in [0.2, 0.25) is 0 Å². The van der Waals surface area contributed by atoms with Gasteiger partial charge in [-0.15, -0.1) is 0 Å². The van der Waals surface area contributed by atoms with E-state index in [0.29, 0.717) is 0 Å². The van der Waals surface area contributed by atoms with Gasteiger partial charge < -0.3 is 0 Å². The Bertz CT molecular complexity index is 1190. The molecule has 3 aromatic carbocycles. The van der Waals surface area contributed by atoms with E-state index in [1.807, 2.05) is 47.0 Å². The normalized spacial score (nSPS) is 16.5. The minimum absolute atomic E-state index is 0.0332. The number of para-hydroxylation sites is 2. The van der Waals surface area contributed by atoms with Crippen molar-refractivity contribution in [2.24, 2.45) is 0 Å². The molecule has 0 radical (unpaired) electrons. The van der Waals surface area contributed by atoms with Gasteiger partial charge in [0.05, 0.1) is 16.4 Å². The summed E-state index contributed by atoms with van der Waals surface area (Å²) in [5, 5.41) is 0. The molecule has 0 bridgehead atoms. The number of nitrogens with zero attached hydrogens (tertiary/aromatic N) is 2. The van der Waals surface area contributed by atoms with E-state index in [4.69, 9.17) is 4.98 Å². The van der Waals surface area contributed by atoms with E-state index in [1.54, 1.807) is 0 Å². The summed E-state index contributed by atoms with van der Waals surface area (Å²) in [6.07, 6.45) is 1.77. The van der Waals surface area contributed by atoms with Crippen molar-refractivity contribution in [1.82, 2.24) is 9.55 Å². The first kappa shape index (κ1) is 14.0. The Morgan fingerprint density at radius 3 is 2.27 bits per heavy atom. The molecule has 1 aromatic heterocycles. The van der Waals surface area contributed by atoms with Crippen LogP contribution in [0.15, 0.2) is 72.8 Å². The number of rotatable bonds is 0. The molecule has 1 aliphatic heterocycles. The summed E-state index contributed by atoms with van der Waals surface area (Å²) in [5.74, 6) is 0.921. The number of carbonyl (C=O) groups excluding carboxylic acids is 1. The largest absolute Gasteiger partial charge is 0.268 e. The third-order valence-corrected chi connectivity index (χ3v) is 5.97. The van der Waals surface area contributed by atoms with Gasteiger partial charge in [-0.25, -0.2) is 4.98 Å². The topological polar surface area (TPSA) is 34.9 Å². The Hall–Kier alpha value is -3.20. The van der Waals surface area contributed by atoms with Crippen LogP contribution >= 0.6 is 0 Å². The molecule has 4 aromatic rings. The minimum Gasteiger partial charge on any atom is -0.268 e. The maximum Gasteiger partial charge on any atom is 0.264 e. The zero-order valence-electron chi connectivity index (χ0n) is 14.1. The average Bonchev–Trinajstić information content (AvgIpc) is 3.26. The molecule has 0 saturated carbocycles. The number of hydrogen-bond acceptors (Lipinski definition) is 2. The molecule has 1 spiro atoms. The maximum atomic E-state index is 13.3. The molecule has 2 heterocycles. The fourth-order valence-electron chi connectivity index (χ4n) is 4.84. The van der Waals surface area contributed by atoms with E-state index < -0.39 is 0 Å². The van der Waals surface area contributed by atoms with Crippen LogP contribution < -0.4 is 0 Å². The second kappa shape index (κ2) is 4.70. The number of benzene rings is 3. The van der Waals surface area contributed by atoms with Crippen molar-refractivity contribution >= 4 is 16.9 Å². The van der Waals surface area contributed by atoms with Gasteiger partial charge in [0.25, 0.3) is 5.91 Å². The summed E-state index contributed by atoms with van der Waals surface area (Å²) in [6, 6.07) is 24.6. The predicted molar refractivity (Wildman–Crippen MR) is 101 cm³/mol. The molecule has 0 unspecified atom stereocenters. The monoisotopic (exact) mass is 336 g/mol. The number of fused-ring (bicyclic) bond motifs is 7. The van der Waals surface area contributed by atoms with Crippen LogP contribution in [0.1, 0.15) is 32.9 Å². The van der Waals surface area contributed by atoms with Crippen LogP contribution in [0.5, 0.6) is 0 Å². The standard InChI is InChI=1S/C23H16N2O/c26-21-17-9-3-4-10-18(17)23(13-15-7-1-2-8-16(15)14-23)22-24-19-11-5-6-12-20(19)25(21)22/h1-12H,13-14H2. The molecular formula is C23H16N2O. The van der Waals surface area contributed by atoms with Crippen LogP contribution in [0.25, 0.3) is 11.0 Å². The van der Waals surface area contributed by atoms with Gasteiger partial charge in [0, 0.05) is 5.56 Å². The average molecular weight is 336 g/mol. The van der Waals surface area contributed by atoms with E-state index in [1.165, 1.54) is 11.1 Å². The lowest BCUT2D eigenvalue weighted by atomic mass is 9.72. The highest BCUT2D eigenvalue weighted by Crippen LogP contribution is 2.48. The van der Waals surface area contributed by atoms with Crippen LogP contribution in [-0.4, -0.2) is 15.5 Å². The molecule has 0 saturated heterocycles. The van der Waals surface area contributed by atoms with E-state index in [0.717, 1.165) is 40.8 Å². The first-order valence-corrected chi connectivity index (χ1v) is 8.97. The van der Waals surface area contributed by atoms with Crippen molar-refractivity contribution in [2.75, 3.05) is 0 Å². The van der Waals surface area contributed by atoms with Crippen molar-refractivity contribution < 1.29 is 4.79 Å². The molecule has 2 aliphatic rings. The predicted octanol–water partition coefficient (Wildman–Crippen LogP) is 4.12. The number of aromatic nitrogens is 2. The van der Waals surface area contributed by atoms with Crippen molar-refractivity contribution in [1.29, 1.82) is 0 Å². The first-order valence-electron chi connectivity index (χ1n) is 8.97. The summed E-state index contributed by atoms with van der Waals surface area (Å²) in [5.41, 5.74) is 6.15. The number of hydrogen-bond donors (Lipinski definition) is 0. The van der Waals surface area contributed by atoms with Crippen LogP contribution in [0.2, 0.25) is 0 Å². The smallest absolute Gasteiger partial charge is 0.264 e. The van der Waals surface area contributed by atoms with Crippen LogP contribution in [-0.2, 0) is 18.3 Å². The third-order valence-electron chi connectivity index (χ3n) is 5.97. The molecule has 1 aliphatic carbocycles.